The summed E-state index contributed by atoms with van der Waals surface area (Å²) in [6.07, 6.45) is 1.62. The summed E-state index contributed by atoms with van der Waals surface area (Å²) in [4.78, 5) is 10.6. The quantitative estimate of drug-likeness (QED) is 0.812. The smallest absolute Gasteiger partial charge is 0.132 e. The minimum absolute atomic E-state index is 0.292. The first kappa shape index (κ1) is 11.9. The van der Waals surface area contributed by atoms with Gasteiger partial charge in [-0.05, 0) is 12.8 Å². The van der Waals surface area contributed by atoms with E-state index >= 15 is 0 Å². The van der Waals surface area contributed by atoms with Crippen LogP contribution in [0.4, 0.5) is 5.82 Å². The molecule has 4 nitrogen and oxygen atoms in total. The van der Waals surface area contributed by atoms with Crippen molar-refractivity contribution in [2.45, 2.75) is 32.7 Å². The van der Waals surface area contributed by atoms with E-state index in [4.69, 9.17) is 5.73 Å². The molecule has 0 aliphatic rings. The van der Waals surface area contributed by atoms with Crippen LogP contribution in [0.3, 0.4) is 0 Å². The maximum Gasteiger partial charge on any atom is 0.132 e. The van der Waals surface area contributed by atoms with Gasteiger partial charge in [0.15, 0.2) is 0 Å². The highest BCUT2D eigenvalue weighted by Crippen LogP contribution is 2.17. The van der Waals surface area contributed by atoms with Crippen LogP contribution in [-0.2, 0) is 0 Å². The van der Waals surface area contributed by atoms with Crippen molar-refractivity contribution in [3.63, 3.8) is 0 Å². The molecule has 0 spiro atoms. The van der Waals surface area contributed by atoms with Gasteiger partial charge >= 0.3 is 0 Å². The first-order valence-corrected chi connectivity index (χ1v) is 5.31. The van der Waals surface area contributed by atoms with Crippen LogP contribution in [0.5, 0.6) is 0 Å². The molecular weight excluding hydrogens is 188 g/mol. The number of anilines is 1. The normalized spacial score (nSPS) is 12.9. The van der Waals surface area contributed by atoms with Crippen LogP contribution >= 0.6 is 0 Å². The van der Waals surface area contributed by atoms with Crippen LogP contribution in [0.2, 0.25) is 0 Å². The average molecular weight is 208 g/mol. The van der Waals surface area contributed by atoms with Crippen molar-refractivity contribution in [1.29, 1.82) is 0 Å². The SMILES string of the molecule is CC(C)c1cc(N(C)C(C)CN)ncn1. The summed E-state index contributed by atoms with van der Waals surface area (Å²) < 4.78 is 0. The second-order valence-electron chi connectivity index (χ2n) is 4.15. The van der Waals surface area contributed by atoms with Gasteiger partial charge in [0.25, 0.3) is 0 Å². The second-order valence-corrected chi connectivity index (χ2v) is 4.15. The van der Waals surface area contributed by atoms with Gasteiger partial charge < -0.3 is 10.6 Å². The van der Waals surface area contributed by atoms with Crippen LogP contribution in [0, 0.1) is 0 Å². The van der Waals surface area contributed by atoms with Gasteiger partial charge in [0.05, 0.1) is 0 Å². The molecule has 0 radical (unpaired) electrons. The Hall–Kier alpha value is -1.16. The van der Waals surface area contributed by atoms with Gasteiger partial charge in [0.2, 0.25) is 0 Å². The summed E-state index contributed by atoms with van der Waals surface area (Å²) >= 11 is 0. The molecule has 4 heteroatoms. The van der Waals surface area contributed by atoms with Gasteiger partial charge in [-0.3, -0.25) is 0 Å². The molecule has 0 aromatic carbocycles. The Morgan fingerprint density at radius 2 is 2.00 bits per heavy atom. The van der Waals surface area contributed by atoms with E-state index in [1.54, 1.807) is 6.33 Å². The van der Waals surface area contributed by atoms with Crippen molar-refractivity contribution in [3.05, 3.63) is 18.1 Å². The first-order valence-electron chi connectivity index (χ1n) is 5.31. The molecule has 0 saturated carbocycles. The minimum atomic E-state index is 0.292. The standard InChI is InChI=1S/C11H20N4/c1-8(2)10-5-11(14-7-13-10)15(4)9(3)6-12/h5,7-9H,6,12H2,1-4H3. The maximum atomic E-state index is 5.62. The van der Waals surface area contributed by atoms with Crippen LogP contribution < -0.4 is 10.6 Å². The highest BCUT2D eigenvalue weighted by atomic mass is 15.2. The van der Waals surface area contributed by atoms with Crippen LogP contribution in [0.15, 0.2) is 12.4 Å². The third-order valence-corrected chi connectivity index (χ3v) is 2.63. The molecule has 1 aromatic rings. The van der Waals surface area contributed by atoms with E-state index in [1.165, 1.54) is 0 Å². The average Bonchev–Trinajstić information content (AvgIpc) is 2.27. The Kier molecular flexibility index (Phi) is 4.03. The highest BCUT2D eigenvalue weighted by Gasteiger charge is 2.11. The second kappa shape index (κ2) is 5.07. The maximum absolute atomic E-state index is 5.62. The molecule has 84 valence electrons. The monoisotopic (exact) mass is 208 g/mol. The summed E-state index contributed by atoms with van der Waals surface area (Å²) in [5.41, 5.74) is 6.69. The topological polar surface area (TPSA) is 55.0 Å². The summed E-state index contributed by atoms with van der Waals surface area (Å²) in [6.45, 7) is 6.95. The van der Waals surface area contributed by atoms with Gasteiger partial charge in [-0.25, -0.2) is 9.97 Å². The number of nitrogens with two attached hydrogens (primary N) is 1. The van der Waals surface area contributed by atoms with Gasteiger partial charge in [0, 0.05) is 31.4 Å². The van der Waals surface area contributed by atoms with E-state index in [2.05, 4.69) is 35.6 Å². The Morgan fingerprint density at radius 1 is 1.33 bits per heavy atom. The number of rotatable bonds is 4. The predicted molar refractivity (Wildman–Crippen MR) is 63.0 cm³/mol. The lowest BCUT2D eigenvalue weighted by Crippen LogP contribution is -2.35. The molecule has 0 bridgehead atoms. The zero-order valence-corrected chi connectivity index (χ0v) is 9.94. The summed E-state index contributed by atoms with van der Waals surface area (Å²) in [7, 11) is 2.00. The Morgan fingerprint density at radius 3 is 2.53 bits per heavy atom. The molecule has 1 rings (SSSR count). The molecule has 0 saturated heterocycles. The zero-order valence-electron chi connectivity index (χ0n) is 9.94. The van der Waals surface area contributed by atoms with Crippen molar-refractivity contribution >= 4 is 5.82 Å². The summed E-state index contributed by atoms with van der Waals surface area (Å²) in [5.74, 6) is 1.36. The summed E-state index contributed by atoms with van der Waals surface area (Å²) in [6, 6.07) is 2.32. The lowest BCUT2D eigenvalue weighted by molar-refractivity contribution is 0.683. The fourth-order valence-corrected chi connectivity index (χ4v) is 1.25. The van der Waals surface area contributed by atoms with Crippen molar-refractivity contribution in [2.24, 2.45) is 5.73 Å². The van der Waals surface area contributed by atoms with E-state index in [-0.39, 0.29) is 0 Å². The largest absolute Gasteiger partial charge is 0.356 e. The molecule has 0 fully saturated rings. The van der Waals surface area contributed by atoms with E-state index < -0.39 is 0 Å². The number of nitrogens with zero attached hydrogens (tertiary/aromatic N) is 3. The molecule has 1 unspecified atom stereocenters. The van der Waals surface area contributed by atoms with Gasteiger partial charge in [-0.1, -0.05) is 13.8 Å². The number of likely N-dealkylation sites (N-methyl/N-ethyl adjacent to an activating group) is 1. The molecular formula is C11H20N4. The Bertz CT molecular complexity index is 311. The van der Waals surface area contributed by atoms with Crippen molar-refractivity contribution < 1.29 is 0 Å². The minimum Gasteiger partial charge on any atom is -0.356 e. The lowest BCUT2D eigenvalue weighted by Gasteiger charge is -2.25. The zero-order chi connectivity index (χ0) is 11.4. The van der Waals surface area contributed by atoms with E-state index in [9.17, 15) is 0 Å². The first-order chi connectivity index (χ1) is 7.06. The molecule has 0 aliphatic carbocycles. The third-order valence-electron chi connectivity index (χ3n) is 2.63. The molecule has 0 aliphatic heterocycles. The molecule has 1 heterocycles. The number of aromatic nitrogens is 2. The van der Waals surface area contributed by atoms with Gasteiger partial charge in [-0.2, -0.15) is 0 Å². The molecule has 1 atom stereocenters. The van der Waals surface area contributed by atoms with Crippen molar-refractivity contribution in [1.82, 2.24) is 9.97 Å². The van der Waals surface area contributed by atoms with Gasteiger partial charge in [0.1, 0.15) is 12.1 Å². The van der Waals surface area contributed by atoms with Crippen LogP contribution in [0.25, 0.3) is 0 Å². The van der Waals surface area contributed by atoms with Crippen LogP contribution in [-0.4, -0.2) is 29.6 Å². The molecule has 15 heavy (non-hydrogen) atoms. The highest BCUT2D eigenvalue weighted by molar-refractivity contribution is 5.39. The Labute approximate surface area is 91.5 Å². The third kappa shape index (κ3) is 2.89. The predicted octanol–water partition coefficient (Wildman–Crippen LogP) is 1.38. The summed E-state index contributed by atoms with van der Waals surface area (Å²) in [5, 5.41) is 0. The van der Waals surface area contributed by atoms with Crippen LogP contribution in [0.1, 0.15) is 32.4 Å². The van der Waals surface area contributed by atoms with E-state index in [0.717, 1.165) is 11.5 Å². The Balaban J connectivity index is 2.90. The van der Waals surface area contributed by atoms with Crippen molar-refractivity contribution in [3.8, 4) is 0 Å². The molecule has 0 amide bonds. The van der Waals surface area contributed by atoms with E-state index in [1.807, 2.05) is 13.1 Å². The molecule has 1 aromatic heterocycles. The van der Waals surface area contributed by atoms with Gasteiger partial charge in [-0.15, -0.1) is 0 Å². The fourth-order valence-electron chi connectivity index (χ4n) is 1.25. The molecule has 2 N–H and O–H groups in total. The lowest BCUT2D eigenvalue weighted by atomic mass is 10.1. The number of hydrogen-bond acceptors (Lipinski definition) is 4. The number of hydrogen-bond donors (Lipinski definition) is 1. The fraction of sp³-hybridized carbons (Fsp3) is 0.636. The van der Waals surface area contributed by atoms with Crippen molar-refractivity contribution in [2.75, 3.05) is 18.5 Å². The van der Waals surface area contributed by atoms with E-state index in [0.29, 0.717) is 18.5 Å².